The van der Waals surface area contributed by atoms with Crippen molar-refractivity contribution >= 4 is 5.97 Å². The largest absolute Gasteiger partial charge is 0.493 e. The van der Waals surface area contributed by atoms with Gasteiger partial charge in [0.05, 0.1) is 19.8 Å². The van der Waals surface area contributed by atoms with Gasteiger partial charge in [-0.1, -0.05) is 18.2 Å². The van der Waals surface area contributed by atoms with Crippen LogP contribution in [0.4, 0.5) is 0 Å². The second-order valence-electron chi connectivity index (χ2n) is 3.28. The van der Waals surface area contributed by atoms with Crippen molar-refractivity contribution in [3.63, 3.8) is 0 Å². The smallest absolute Gasteiger partial charge is 0.337 e. The Balaban J connectivity index is 2.95. The van der Waals surface area contributed by atoms with Crippen LogP contribution in [0.15, 0.2) is 24.3 Å². The lowest BCUT2D eigenvalue weighted by Crippen LogP contribution is -2.18. The molecule has 0 radical (unpaired) electrons. The van der Waals surface area contributed by atoms with Gasteiger partial charge in [0.25, 0.3) is 0 Å². The summed E-state index contributed by atoms with van der Waals surface area (Å²) in [5.74, 6) is -0.619. The minimum absolute atomic E-state index is 0.0303. The van der Waals surface area contributed by atoms with Gasteiger partial charge in [0.15, 0.2) is 6.10 Å². The average Bonchev–Trinajstić information content (AvgIpc) is 2.31. The van der Waals surface area contributed by atoms with Crippen molar-refractivity contribution < 1.29 is 24.5 Å². The number of carboxylic acid groups (broad SMARTS) is 1. The van der Waals surface area contributed by atoms with Crippen LogP contribution in [0.1, 0.15) is 18.6 Å². The highest BCUT2D eigenvalue weighted by atomic mass is 16.5. The van der Waals surface area contributed by atoms with Gasteiger partial charge in [-0.05, 0) is 13.0 Å². The maximum Gasteiger partial charge on any atom is 0.337 e. The van der Waals surface area contributed by atoms with Gasteiger partial charge < -0.3 is 19.7 Å². The Hall–Kier alpha value is -1.59. The second kappa shape index (κ2) is 6.88. The highest BCUT2D eigenvalue weighted by molar-refractivity contribution is 5.75. The van der Waals surface area contributed by atoms with E-state index in [-0.39, 0.29) is 13.2 Å². The maximum atomic E-state index is 11.1. The zero-order valence-electron chi connectivity index (χ0n) is 9.63. The molecule has 1 aromatic rings. The number of ether oxygens (including phenoxy) is 2. The Labute approximate surface area is 99.6 Å². The predicted molar refractivity (Wildman–Crippen MR) is 61.0 cm³/mol. The molecule has 94 valence electrons. The average molecular weight is 240 g/mol. The zero-order valence-corrected chi connectivity index (χ0v) is 9.63. The van der Waals surface area contributed by atoms with E-state index in [1.54, 1.807) is 24.3 Å². The molecule has 5 nitrogen and oxygen atoms in total. The number of aliphatic hydroxyl groups excluding tert-OH is 1. The van der Waals surface area contributed by atoms with Crippen LogP contribution in [0.25, 0.3) is 0 Å². The number of para-hydroxylation sites is 1. The van der Waals surface area contributed by atoms with Crippen LogP contribution >= 0.6 is 0 Å². The van der Waals surface area contributed by atoms with E-state index in [0.717, 1.165) is 0 Å². The maximum absolute atomic E-state index is 11.1. The van der Waals surface area contributed by atoms with Gasteiger partial charge in [0.2, 0.25) is 0 Å². The summed E-state index contributed by atoms with van der Waals surface area (Å²) in [5, 5.41) is 17.8. The van der Waals surface area contributed by atoms with Gasteiger partial charge in [0, 0.05) is 5.56 Å². The fourth-order valence-electron chi connectivity index (χ4n) is 1.45. The molecule has 0 spiro atoms. The summed E-state index contributed by atoms with van der Waals surface area (Å²) in [6.45, 7) is 2.02. The van der Waals surface area contributed by atoms with Crippen LogP contribution in [0.2, 0.25) is 0 Å². The van der Waals surface area contributed by atoms with Gasteiger partial charge in [-0.15, -0.1) is 0 Å². The minimum atomic E-state index is -1.12. The molecule has 0 saturated heterocycles. The highest BCUT2D eigenvalue weighted by Crippen LogP contribution is 2.27. The first-order valence-corrected chi connectivity index (χ1v) is 5.37. The van der Waals surface area contributed by atoms with E-state index in [1.165, 1.54) is 0 Å². The van der Waals surface area contributed by atoms with Crippen molar-refractivity contribution in [3.8, 4) is 5.75 Å². The Kier molecular flexibility index (Phi) is 5.45. The number of aliphatic hydroxyl groups is 1. The van der Waals surface area contributed by atoms with Crippen molar-refractivity contribution in [1.29, 1.82) is 0 Å². The second-order valence-corrected chi connectivity index (χ2v) is 3.28. The molecule has 5 heteroatoms. The van der Waals surface area contributed by atoms with E-state index in [2.05, 4.69) is 0 Å². The molecule has 0 aliphatic carbocycles. The van der Waals surface area contributed by atoms with Gasteiger partial charge >= 0.3 is 5.97 Å². The topological polar surface area (TPSA) is 76.0 Å². The van der Waals surface area contributed by atoms with Crippen molar-refractivity contribution in [3.05, 3.63) is 29.8 Å². The van der Waals surface area contributed by atoms with Crippen LogP contribution in [-0.4, -0.2) is 36.0 Å². The fourth-order valence-corrected chi connectivity index (χ4v) is 1.45. The lowest BCUT2D eigenvalue weighted by Gasteiger charge is -2.16. The predicted octanol–water partition coefficient (Wildman–Crippen LogP) is 1.22. The first-order valence-electron chi connectivity index (χ1n) is 5.37. The first kappa shape index (κ1) is 13.5. The van der Waals surface area contributed by atoms with E-state index in [4.69, 9.17) is 19.7 Å². The monoisotopic (exact) mass is 240 g/mol. The molecule has 1 unspecified atom stereocenters. The summed E-state index contributed by atoms with van der Waals surface area (Å²) in [6, 6.07) is 6.81. The standard InChI is InChI=1S/C12H16O5/c1-2-16-10-6-4-3-5-9(10)11(12(14)15)17-8-7-13/h3-6,11,13H,2,7-8H2,1H3,(H,14,15). The van der Waals surface area contributed by atoms with Crippen LogP contribution in [0.5, 0.6) is 5.75 Å². The Morgan fingerprint density at radius 3 is 2.71 bits per heavy atom. The Morgan fingerprint density at radius 1 is 1.41 bits per heavy atom. The van der Waals surface area contributed by atoms with Crippen LogP contribution in [-0.2, 0) is 9.53 Å². The number of carbonyl (C=O) groups is 1. The summed E-state index contributed by atoms with van der Waals surface area (Å²) in [5.41, 5.74) is 0.454. The molecule has 0 heterocycles. The van der Waals surface area contributed by atoms with E-state index in [0.29, 0.717) is 17.9 Å². The Morgan fingerprint density at radius 2 is 2.12 bits per heavy atom. The number of carboxylic acids is 1. The SMILES string of the molecule is CCOc1ccccc1C(OCCO)C(=O)O. The van der Waals surface area contributed by atoms with Crippen molar-refractivity contribution in [2.45, 2.75) is 13.0 Å². The van der Waals surface area contributed by atoms with Gasteiger partial charge in [-0.25, -0.2) is 4.79 Å². The van der Waals surface area contributed by atoms with Crippen molar-refractivity contribution in [2.24, 2.45) is 0 Å². The number of benzene rings is 1. The fraction of sp³-hybridized carbons (Fsp3) is 0.417. The molecule has 1 aromatic carbocycles. The molecular weight excluding hydrogens is 224 g/mol. The van der Waals surface area contributed by atoms with E-state index in [1.807, 2.05) is 6.92 Å². The van der Waals surface area contributed by atoms with Gasteiger partial charge in [-0.2, -0.15) is 0 Å². The third kappa shape index (κ3) is 3.72. The summed E-state index contributed by atoms with van der Waals surface area (Å²) in [6.07, 6.45) is -1.12. The molecule has 2 N–H and O–H groups in total. The van der Waals surface area contributed by atoms with Crippen molar-refractivity contribution in [2.75, 3.05) is 19.8 Å². The van der Waals surface area contributed by atoms with E-state index in [9.17, 15) is 4.79 Å². The molecule has 0 aliphatic rings. The van der Waals surface area contributed by atoms with E-state index < -0.39 is 12.1 Å². The Bertz CT molecular complexity index is 364. The molecule has 0 bridgehead atoms. The number of rotatable bonds is 7. The van der Waals surface area contributed by atoms with Crippen LogP contribution in [0, 0.1) is 0 Å². The summed E-state index contributed by atoms with van der Waals surface area (Å²) in [7, 11) is 0. The first-order chi connectivity index (χ1) is 8.20. The molecule has 1 atom stereocenters. The lowest BCUT2D eigenvalue weighted by atomic mass is 10.1. The quantitative estimate of drug-likeness (QED) is 0.749. The number of hydrogen-bond donors (Lipinski definition) is 2. The molecule has 17 heavy (non-hydrogen) atoms. The summed E-state index contributed by atoms with van der Waals surface area (Å²) in [4.78, 5) is 11.1. The number of aliphatic carboxylic acids is 1. The van der Waals surface area contributed by atoms with Crippen molar-refractivity contribution in [1.82, 2.24) is 0 Å². The van der Waals surface area contributed by atoms with Crippen LogP contribution in [0.3, 0.4) is 0 Å². The van der Waals surface area contributed by atoms with Gasteiger partial charge in [0.1, 0.15) is 5.75 Å². The lowest BCUT2D eigenvalue weighted by molar-refractivity contribution is -0.151. The molecule has 0 saturated carbocycles. The molecule has 0 amide bonds. The molecule has 0 aliphatic heterocycles. The van der Waals surface area contributed by atoms with E-state index >= 15 is 0 Å². The molecule has 1 rings (SSSR count). The van der Waals surface area contributed by atoms with Crippen LogP contribution < -0.4 is 4.74 Å². The van der Waals surface area contributed by atoms with Gasteiger partial charge in [-0.3, -0.25) is 0 Å². The summed E-state index contributed by atoms with van der Waals surface area (Å²) < 4.78 is 10.4. The molecular formula is C12H16O5. The third-order valence-corrected chi connectivity index (χ3v) is 2.10. The molecule has 0 aromatic heterocycles. The zero-order chi connectivity index (χ0) is 12.7. The number of hydrogen-bond acceptors (Lipinski definition) is 4. The summed E-state index contributed by atoms with van der Waals surface area (Å²) >= 11 is 0. The molecule has 0 fully saturated rings. The minimum Gasteiger partial charge on any atom is -0.493 e. The normalized spacial score (nSPS) is 12.1. The highest BCUT2D eigenvalue weighted by Gasteiger charge is 2.23. The third-order valence-electron chi connectivity index (χ3n) is 2.10.